The van der Waals surface area contributed by atoms with Gasteiger partial charge in [-0.2, -0.15) is 10.1 Å². The molecule has 5 rings (SSSR count). The van der Waals surface area contributed by atoms with E-state index in [4.69, 9.17) is 26.2 Å². The van der Waals surface area contributed by atoms with Crippen LogP contribution in [0.15, 0.2) is 82.9 Å². The van der Waals surface area contributed by atoms with E-state index in [2.05, 4.69) is 10.3 Å². The fourth-order valence-corrected chi connectivity index (χ4v) is 5.54. The number of ether oxygens (including phenoxy) is 2. The van der Waals surface area contributed by atoms with Crippen LogP contribution in [0.1, 0.15) is 30.0 Å². The Kier molecular flexibility index (Phi) is 7.67. The van der Waals surface area contributed by atoms with Crippen molar-refractivity contribution in [3.63, 3.8) is 0 Å². The molecule has 10 heteroatoms. The van der Waals surface area contributed by atoms with Crippen molar-refractivity contribution in [2.75, 3.05) is 19.5 Å². The van der Waals surface area contributed by atoms with Crippen LogP contribution in [0.5, 0.6) is 11.5 Å². The lowest BCUT2D eigenvalue weighted by molar-refractivity contribution is -0.121. The average molecular weight is 549 g/mol. The van der Waals surface area contributed by atoms with E-state index in [-0.39, 0.29) is 24.3 Å². The number of thioether (sulfide) groups is 1. The molecule has 2 aliphatic heterocycles. The molecule has 0 spiro atoms. The van der Waals surface area contributed by atoms with E-state index in [1.54, 1.807) is 43.5 Å². The first-order valence-corrected chi connectivity index (χ1v) is 13.2. The van der Waals surface area contributed by atoms with Crippen LogP contribution < -0.4 is 14.8 Å². The SMILES string of the molecule is COc1ccc(NC(=O)C[C@H]2SC(N3N=C(c4ccc(OC)cc4)C[C@@H]3c3cccc(Cl)c3)=NC2=O)cc1. The van der Waals surface area contributed by atoms with Gasteiger partial charge in [-0.25, -0.2) is 5.01 Å². The maximum absolute atomic E-state index is 12.8. The molecule has 0 saturated carbocycles. The number of hydrazone groups is 1. The highest BCUT2D eigenvalue weighted by molar-refractivity contribution is 8.15. The van der Waals surface area contributed by atoms with Crippen LogP contribution in [0, 0.1) is 0 Å². The molecule has 0 radical (unpaired) electrons. The maximum Gasteiger partial charge on any atom is 0.262 e. The van der Waals surface area contributed by atoms with Gasteiger partial charge in [-0.1, -0.05) is 35.5 Å². The van der Waals surface area contributed by atoms with Crippen LogP contribution in [0.25, 0.3) is 0 Å². The molecule has 0 aromatic heterocycles. The molecule has 1 N–H and O–H groups in total. The molecule has 3 aromatic rings. The van der Waals surface area contributed by atoms with Crippen molar-refractivity contribution >= 4 is 51.7 Å². The third-order valence-corrected chi connectivity index (χ3v) is 7.61. The maximum atomic E-state index is 12.8. The molecule has 3 aromatic carbocycles. The van der Waals surface area contributed by atoms with E-state index in [0.717, 1.165) is 22.6 Å². The van der Waals surface area contributed by atoms with Crippen molar-refractivity contribution in [3.05, 3.63) is 88.9 Å². The molecule has 2 heterocycles. The van der Waals surface area contributed by atoms with Crippen LogP contribution >= 0.6 is 23.4 Å². The van der Waals surface area contributed by atoms with Crippen molar-refractivity contribution in [2.45, 2.75) is 24.1 Å². The van der Waals surface area contributed by atoms with Crippen molar-refractivity contribution in [2.24, 2.45) is 10.1 Å². The van der Waals surface area contributed by atoms with Gasteiger partial charge < -0.3 is 14.8 Å². The summed E-state index contributed by atoms with van der Waals surface area (Å²) in [5, 5.41) is 9.91. The molecule has 2 aliphatic rings. The predicted octanol–water partition coefficient (Wildman–Crippen LogP) is 5.54. The van der Waals surface area contributed by atoms with Gasteiger partial charge >= 0.3 is 0 Å². The van der Waals surface area contributed by atoms with E-state index in [9.17, 15) is 9.59 Å². The summed E-state index contributed by atoms with van der Waals surface area (Å²) in [5.74, 6) is 0.824. The number of aliphatic imine (C=N–C) groups is 1. The first-order valence-electron chi connectivity index (χ1n) is 11.9. The first kappa shape index (κ1) is 25.8. The van der Waals surface area contributed by atoms with Gasteiger partial charge in [0.1, 0.15) is 16.7 Å². The third kappa shape index (κ3) is 5.69. The monoisotopic (exact) mass is 548 g/mol. The minimum atomic E-state index is -0.636. The molecule has 38 heavy (non-hydrogen) atoms. The Morgan fingerprint density at radius 1 is 1.05 bits per heavy atom. The zero-order chi connectivity index (χ0) is 26.6. The number of benzene rings is 3. The number of anilines is 1. The lowest BCUT2D eigenvalue weighted by Crippen LogP contribution is -2.25. The van der Waals surface area contributed by atoms with Crippen LogP contribution in [0.2, 0.25) is 5.02 Å². The molecule has 0 bridgehead atoms. The highest BCUT2D eigenvalue weighted by Gasteiger charge is 2.39. The minimum absolute atomic E-state index is 0.00669. The fraction of sp³-hybridized carbons (Fsp3) is 0.214. The highest BCUT2D eigenvalue weighted by Crippen LogP contribution is 2.39. The summed E-state index contributed by atoms with van der Waals surface area (Å²) in [7, 11) is 3.20. The summed E-state index contributed by atoms with van der Waals surface area (Å²) in [4.78, 5) is 29.8. The number of carbonyl (C=O) groups excluding carboxylic acids is 2. The van der Waals surface area contributed by atoms with E-state index >= 15 is 0 Å². The Bertz CT molecular complexity index is 1410. The van der Waals surface area contributed by atoms with Gasteiger partial charge in [0, 0.05) is 23.6 Å². The van der Waals surface area contributed by atoms with E-state index in [1.165, 1.54) is 11.8 Å². The average Bonchev–Trinajstić information content (AvgIpc) is 3.53. The van der Waals surface area contributed by atoms with Gasteiger partial charge in [0.2, 0.25) is 5.91 Å². The lowest BCUT2D eigenvalue weighted by atomic mass is 9.98. The number of halogens is 1. The Morgan fingerprint density at radius 3 is 2.39 bits per heavy atom. The van der Waals surface area contributed by atoms with Crippen LogP contribution in [-0.4, -0.2) is 47.2 Å². The predicted molar refractivity (Wildman–Crippen MR) is 150 cm³/mol. The topological polar surface area (TPSA) is 92.6 Å². The number of carbonyl (C=O) groups is 2. The van der Waals surface area contributed by atoms with Crippen LogP contribution in [0.3, 0.4) is 0 Å². The smallest absolute Gasteiger partial charge is 0.262 e. The number of amidine groups is 1. The van der Waals surface area contributed by atoms with Gasteiger partial charge in [-0.05, 0) is 71.8 Å². The summed E-state index contributed by atoms with van der Waals surface area (Å²) in [6.45, 7) is 0. The Morgan fingerprint density at radius 2 is 1.74 bits per heavy atom. The molecule has 0 saturated heterocycles. The van der Waals surface area contributed by atoms with Gasteiger partial charge in [0.25, 0.3) is 5.91 Å². The number of methoxy groups -OCH3 is 2. The summed E-state index contributed by atoms with van der Waals surface area (Å²) < 4.78 is 10.4. The highest BCUT2D eigenvalue weighted by atomic mass is 35.5. The second kappa shape index (κ2) is 11.3. The number of nitrogens with one attached hydrogen (secondary N) is 1. The number of amides is 2. The van der Waals surface area contributed by atoms with Gasteiger partial charge in [-0.3, -0.25) is 9.59 Å². The minimum Gasteiger partial charge on any atom is -0.497 e. The normalized spacial score (nSPS) is 18.7. The van der Waals surface area contributed by atoms with Crippen LogP contribution in [-0.2, 0) is 9.59 Å². The van der Waals surface area contributed by atoms with E-state index in [1.807, 2.05) is 48.5 Å². The first-order chi connectivity index (χ1) is 18.4. The number of rotatable bonds is 7. The zero-order valence-corrected chi connectivity index (χ0v) is 22.3. The fourth-order valence-electron chi connectivity index (χ4n) is 4.28. The van der Waals surface area contributed by atoms with Gasteiger partial charge in [0.05, 0.1) is 26.0 Å². The standard InChI is InChI=1S/C28H25ClN4O4S/c1-36-21-10-6-17(7-11-21)23-15-24(18-4-3-5-19(29)14-18)33(32-23)28-31-27(35)25(38-28)16-26(34)30-20-8-12-22(37-2)13-9-20/h3-14,24-25H,15-16H2,1-2H3,(H,30,34)/t24-,25-/m1/s1. The summed E-state index contributed by atoms with van der Waals surface area (Å²) in [6.07, 6.45) is 0.594. The second-order valence-electron chi connectivity index (χ2n) is 8.71. The van der Waals surface area contributed by atoms with Crippen LogP contribution in [0.4, 0.5) is 5.69 Å². The molecule has 2 amide bonds. The number of hydrogen-bond acceptors (Lipinski definition) is 7. The number of hydrogen-bond donors (Lipinski definition) is 1. The van der Waals surface area contributed by atoms with E-state index in [0.29, 0.717) is 28.0 Å². The molecule has 2 atom stereocenters. The summed E-state index contributed by atoms with van der Waals surface area (Å²) >= 11 is 7.55. The quantitative estimate of drug-likeness (QED) is 0.417. The molecular weight excluding hydrogens is 524 g/mol. The Hall–Kier alpha value is -3.82. The van der Waals surface area contributed by atoms with Crippen molar-refractivity contribution in [3.8, 4) is 11.5 Å². The van der Waals surface area contributed by atoms with Crippen molar-refractivity contribution in [1.29, 1.82) is 0 Å². The largest absolute Gasteiger partial charge is 0.497 e. The molecule has 8 nitrogen and oxygen atoms in total. The Labute approximate surface area is 229 Å². The Balaban J connectivity index is 1.33. The van der Waals surface area contributed by atoms with E-state index < -0.39 is 5.25 Å². The zero-order valence-electron chi connectivity index (χ0n) is 20.8. The molecule has 194 valence electrons. The second-order valence-corrected chi connectivity index (χ2v) is 10.3. The van der Waals surface area contributed by atoms with Crippen molar-refractivity contribution < 1.29 is 19.1 Å². The molecular formula is C28H25ClN4O4S. The summed E-state index contributed by atoms with van der Waals surface area (Å²) in [6, 6.07) is 22.1. The molecule has 0 unspecified atom stereocenters. The molecule has 0 aliphatic carbocycles. The lowest BCUT2D eigenvalue weighted by Gasteiger charge is -2.23. The van der Waals surface area contributed by atoms with Gasteiger partial charge in [-0.15, -0.1) is 0 Å². The van der Waals surface area contributed by atoms with Crippen molar-refractivity contribution in [1.82, 2.24) is 5.01 Å². The number of nitrogens with zero attached hydrogens (tertiary/aromatic N) is 3. The third-order valence-electron chi connectivity index (χ3n) is 6.24. The molecule has 0 fully saturated rings. The summed E-state index contributed by atoms with van der Waals surface area (Å²) in [5.41, 5.74) is 3.39. The van der Waals surface area contributed by atoms with Gasteiger partial charge in [0.15, 0.2) is 5.17 Å².